The van der Waals surface area contributed by atoms with Crippen LogP contribution in [0.1, 0.15) is 51.2 Å². The molecular weight excluding hydrogens is 336 g/mol. The minimum atomic E-state index is -0.238. The SMILES string of the molecule is CC#Cc1ccc2sc3ccc([C@]4(C)CCCC(C)C(N)=N4)cc3c2c1. The van der Waals surface area contributed by atoms with Gasteiger partial charge in [-0.2, -0.15) is 0 Å². The molecular formula is C23H24N2S. The number of hydrogen-bond donors (Lipinski definition) is 1. The van der Waals surface area contributed by atoms with E-state index in [2.05, 4.69) is 62.1 Å². The topological polar surface area (TPSA) is 38.4 Å². The number of nitrogens with two attached hydrogens (primary N) is 1. The van der Waals surface area contributed by atoms with Crippen LogP contribution in [0.15, 0.2) is 41.4 Å². The van der Waals surface area contributed by atoms with Crippen molar-refractivity contribution in [2.75, 3.05) is 0 Å². The predicted octanol–water partition coefficient (Wildman–Crippen LogP) is 5.82. The van der Waals surface area contributed by atoms with Crippen LogP contribution in [0.25, 0.3) is 20.2 Å². The summed E-state index contributed by atoms with van der Waals surface area (Å²) in [5, 5.41) is 2.59. The molecule has 4 rings (SSSR count). The maximum atomic E-state index is 6.26. The lowest BCUT2D eigenvalue weighted by Crippen LogP contribution is -2.25. The lowest BCUT2D eigenvalue weighted by molar-refractivity contribution is 0.441. The molecule has 0 saturated carbocycles. The molecule has 2 heterocycles. The smallest absolute Gasteiger partial charge is 0.0976 e. The molecule has 1 aliphatic heterocycles. The Morgan fingerprint density at radius 3 is 2.65 bits per heavy atom. The fourth-order valence-electron chi connectivity index (χ4n) is 3.89. The number of fused-ring (bicyclic) bond motifs is 3. The fraction of sp³-hybridized carbons (Fsp3) is 0.348. The second-order valence-corrected chi connectivity index (χ2v) is 8.59. The molecule has 132 valence electrons. The Labute approximate surface area is 159 Å². The molecule has 2 aromatic carbocycles. The van der Waals surface area contributed by atoms with E-state index in [9.17, 15) is 0 Å². The van der Waals surface area contributed by atoms with E-state index in [0.29, 0.717) is 5.92 Å². The average Bonchev–Trinajstić information content (AvgIpc) is 2.92. The molecule has 2 nitrogen and oxygen atoms in total. The normalized spacial score (nSPS) is 23.3. The lowest BCUT2D eigenvalue weighted by Gasteiger charge is -2.25. The molecule has 2 atom stereocenters. The van der Waals surface area contributed by atoms with Crippen LogP contribution >= 0.6 is 11.3 Å². The number of hydrogen-bond acceptors (Lipinski definition) is 3. The molecule has 3 heteroatoms. The number of benzene rings is 2. The van der Waals surface area contributed by atoms with E-state index in [1.54, 1.807) is 0 Å². The van der Waals surface area contributed by atoms with Crippen molar-refractivity contribution in [3.8, 4) is 11.8 Å². The van der Waals surface area contributed by atoms with Crippen molar-refractivity contribution in [2.24, 2.45) is 16.6 Å². The van der Waals surface area contributed by atoms with Crippen LogP contribution in [0.4, 0.5) is 0 Å². The van der Waals surface area contributed by atoms with E-state index >= 15 is 0 Å². The van der Waals surface area contributed by atoms with Crippen molar-refractivity contribution in [1.29, 1.82) is 0 Å². The van der Waals surface area contributed by atoms with E-state index < -0.39 is 0 Å². The Bertz CT molecular complexity index is 1080. The van der Waals surface area contributed by atoms with Gasteiger partial charge in [-0.1, -0.05) is 18.9 Å². The maximum absolute atomic E-state index is 6.26. The lowest BCUT2D eigenvalue weighted by atomic mass is 9.87. The quantitative estimate of drug-likeness (QED) is 0.546. The highest BCUT2D eigenvalue weighted by atomic mass is 32.1. The van der Waals surface area contributed by atoms with Crippen LogP contribution in [-0.4, -0.2) is 5.84 Å². The molecule has 0 bridgehead atoms. The van der Waals surface area contributed by atoms with Gasteiger partial charge in [0, 0.05) is 31.7 Å². The molecule has 0 saturated heterocycles. The van der Waals surface area contributed by atoms with Gasteiger partial charge in [-0.05, 0) is 69.0 Å². The summed E-state index contributed by atoms with van der Waals surface area (Å²) >= 11 is 1.84. The van der Waals surface area contributed by atoms with Gasteiger partial charge in [0.2, 0.25) is 0 Å². The van der Waals surface area contributed by atoms with Gasteiger partial charge in [0.05, 0.1) is 11.4 Å². The van der Waals surface area contributed by atoms with Crippen molar-refractivity contribution in [3.05, 3.63) is 47.5 Å². The van der Waals surface area contributed by atoms with Gasteiger partial charge in [0.25, 0.3) is 0 Å². The van der Waals surface area contributed by atoms with Crippen molar-refractivity contribution >= 4 is 37.3 Å². The molecule has 0 fully saturated rings. The van der Waals surface area contributed by atoms with Crippen LogP contribution in [0, 0.1) is 17.8 Å². The Morgan fingerprint density at radius 1 is 1.15 bits per heavy atom. The standard InChI is InChI=1S/C23H24N2S/c1-4-6-16-8-10-20-18(13-16)19-14-17(9-11-21(19)26-20)23(3)12-5-7-15(2)22(24)25-23/h8-11,13-15H,5,7,12H2,1-3H3,(H2,24,25)/t15?,23-/m0/s1. The van der Waals surface area contributed by atoms with E-state index in [1.807, 2.05) is 18.3 Å². The van der Waals surface area contributed by atoms with Crippen LogP contribution in [0.2, 0.25) is 0 Å². The van der Waals surface area contributed by atoms with Gasteiger partial charge < -0.3 is 5.73 Å². The molecule has 0 amide bonds. The van der Waals surface area contributed by atoms with Crippen molar-refractivity contribution in [3.63, 3.8) is 0 Å². The zero-order chi connectivity index (χ0) is 18.3. The third-order valence-corrected chi connectivity index (χ3v) is 6.69. The highest BCUT2D eigenvalue weighted by Gasteiger charge is 2.30. The summed E-state index contributed by atoms with van der Waals surface area (Å²) in [5.74, 6) is 7.34. The molecule has 0 aliphatic carbocycles. The van der Waals surface area contributed by atoms with E-state index in [-0.39, 0.29) is 5.54 Å². The number of nitrogens with zero attached hydrogens (tertiary/aromatic N) is 1. The Balaban J connectivity index is 1.89. The molecule has 1 aromatic heterocycles. The largest absolute Gasteiger partial charge is 0.387 e. The molecule has 1 aliphatic rings. The van der Waals surface area contributed by atoms with Gasteiger partial charge in [0.15, 0.2) is 0 Å². The van der Waals surface area contributed by atoms with Gasteiger partial charge in [-0.3, -0.25) is 4.99 Å². The zero-order valence-corrected chi connectivity index (χ0v) is 16.4. The second-order valence-electron chi connectivity index (χ2n) is 7.50. The minimum Gasteiger partial charge on any atom is -0.387 e. The second kappa shape index (κ2) is 6.45. The summed E-state index contributed by atoms with van der Waals surface area (Å²) in [6, 6.07) is 13.3. The van der Waals surface area contributed by atoms with Crippen molar-refractivity contribution in [1.82, 2.24) is 0 Å². The molecule has 0 spiro atoms. The van der Waals surface area contributed by atoms with Crippen LogP contribution in [-0.2, 0) is 5.54 Å². The average molecular weight is 361 g/mol. The first-order valence-corrected chi connectivity index (χ1v) is 10.1. The van der Waals surface area contributed by atoms with Gasteiger partial charge in [-0.15, -0.1) is 17.3 Å². The van der Waals surface area contributed by atoms with Gasteiger partial charge in [0.1, 0.15) is 0 Å². The molecule has 2 N–H and O–H groups in total. The third kappa shape index (κ3) is 2.89. The highest BCUT2D eigenvalue weighted by Crippen LogP contribution is 2.40. The highest BCUT2D eigenvalue weighted by molar-refractivity contribution is 7.25. The van der Waals surface area contributed by atoms with E-state index in [1.165, 1.54) is 25.7 Å². The van der Waals surface area contributed by atoms with Crippen LogP contribution in [0.3, 0.4) is 0 Å². The molecule has 1 unspecified atom stereocenters. The summed E-state index contributed by atoms with van der Waals surface area (Å²) in [6.07, 6.45) is 3.31. The number of amidine groups is 1. The Kier molecular flexibility index (Phi) is 4.25. The van der Waals surface area contributed by atoms with E-state index in [4.69, 9.17) is 10.7 Å². The Morgan fingerprint density at radius 2 is 1.88 bits per heavy atom. The first kappa shape index (κ1) is 17.1. The first-order valence-electron chi connectivity index (χ1n) is 9.25. The van der Waals surface area contributed by atoms with Crippen LogP contribution < -0.4 is 5.73 Å². The van der Waals surface area contributed by atoms with Gasteiger partial charge >= 0.3 is 0 Å². The summed E-state index contributed by atoms with van der Waals surface area (Å²) in [5.41, 5.74) is 8.36. The third-order valence-electron chi connectivity index (χ3n) is 5.54. The van der Waals surface area contributed by atoms with Gasteiger partial charge in [-0.25, -0.2) is 0 Å². The van der Waals surface area contributed by atoms with Crippen molar-refractivity contribution < 1.29 is 0 Å². The maximum Gasteiger partial charge on any atom is 0.0976 e. The summed E-state index contributed by atoms with van der Waals surface area (Å²) in [6.45, 7) is 6.28. The minimum absolute atomic E-state index is 0.238. The number of thiophene rings is 1. The zero-order valence-electron chi connectivity index (χ0n) is 15.6. The number of rotatable bonds is 1. The van der Waals surface area contributed by atoms with E-state index in [0.717, 1.165) is 30.7 Å². The number of aliphatic imine (C=N–C) groups is 1. The van der Waals surface area contributed by atoms with Crippen LogP contribution in [0.5, 0.6) is 0 Å². The monoisotopic (exact) mass is 360 g/mol. The van der Waals surface area contributed by atoms with Crippen molar-refractivity contribution in [2.45, 2.75) is 45.6 Å². The molecule has 0 radical (unpaired) electrons. The first-order chi connectivity index (χ1) is 12.5. The molecule has 26 heavy (non-hydrogen) atoms. The Hall–Kier alpha value is -2.31. The fourth-order valence-corrected chi connectivity index (χ4v) is 4.96. The summed E-state index contributed by atoms with van der Waals surface area (Å²) < 4.78 is 2.62. The summed E-state index contributed by atoms with van der Waals surface area (Å²) in [4.78, 5) is 4.95. The summed E-state index contributed by atoms with van der Waals surface area (Å²) in [7, 11) is 0. The predicted molar refractivity (Wildman–Crippen MR) is 114 cm³/mol. The molecule has 3 aromatic rings.